The molecule has 2 bridgehead atoms. The number of nitrogens with zero attached hydrogens (tertiary/aromatic N) is 1. The van der Waals surface area contributed by atoms with Crippen LogP contribution in [-0.4, -0.2) is 74.3 Å². The molecule has 4 aliphatic heterocycles. The van der Waals surface area contributed by atoms with E-state index in [4.69, 9.17) is 23.7 Å². The zero-order chi connectivity index (χ0) is 39.8. The van der Waals surface area contributed by atoms with Crippen LogP contribution in [0.5, 0.6) is 0 Å². The Balaban J connectivity index is 1.05. The maximum atomic E-state index is 14.1. The lowest BCUT2D eigenvalue weighted by Gasteiger charge is -2.45. The van der Waals surface area contributed by atoms with Gasteiger partial charge in [-0.1, -0.05) is 26.0 Å². The van der Waals surface area contributed by atoms with Crippen LogP contribution < -0.4 is 0 Å². The molecule has 5 aliphatic rings. The van der Waals surface area contributed by atoms with E-state index in [-0.39, 0.29) is 36.7 Å². The lowest BCUT2D eigenvalue weighted by atomic mass is 9.66. The van der Waals surface area contributed by atoms with Gasteiger partial charge in [-0.3, -0.25) is 4.79 Å². The maximum Gasteiger partial charge on any atom is 0.416 e. The van der Waals surface area contributed by atoms with E-state index in [1.165, 1.54) is 19.1 Å². The number of halogens is 7. The number of ether oxygens (including phenoxy) is 5. The van der Waals surface area contributed by atoms with Crippen LogP contribution in [0.2, 0.25) is 0 Å². The Morgan fingerprint density at radius 1 is 0.945 bits per heavy atom. The average molecular weight is 786 g/mol. The molecule has 4 heterocycles. The third-order valence-corrected chi connectivity index (χ3v) is 13.6. The van der Waals surface area contributed by atoms with Gasteiger partial charge in [0.05, 0.1) is 42.5 Å². The third-order valence-electron chi connectivity index (χ3n) is 13.6. The second kappa shape index (κ2) is 14.0. The Morgan fingerprint density at radius 3 is 2.15 bits per heavy atom. The Labute approximate surface area is 314 Å². The smallest absolute Gasteiger partial charge is 0.416 e. The number of rotatable bonds is 8. The number of hydrogen-bond acceptors (Lipinski definition) is 8. The van der Waals surface area contributed by atoms with Crippen molar-refractivity contribution in [2.75, 3.05) is 39.5 Å². The van der Waals surface area contributed by atoms with Gasteiger partial charge >= 0.3 is 24.3 Å². The molecule has 2 aromatic rings. The van der Waals surface area contributed by atoms with Gasteiger partial charge in [-0.05, 0) is 106 Å². The number of esters is 2. The zero-order valence-corrected chi connectivity index (χ0v) is 31.2. The van der Waals surface area contributed by atoms with E-state index in [2.05, 4.69) is 4.90 Å². The molecule has 0 N–H and O–H groups in total. The zero-order valence-electron chi connectivity index (χ0n) is 31.2. The minimum Gasteiger partial charge on any atom is -0.456 e. The first-order chi connectivity index (χ1) is 25.7. The molecule has 0 unspecified atom stereocenters. The molecule has 0 aromatic heterocycles. The van der Waals surface area contributed by atoms with Crippen molar-refractivity contribution in [1.82, 2.24) is 4.90 Å². The summed E-state index contributed by atoms with van der Waals surface area (Å²) in [4.78, 5) is 28.9. The molecule has 1 saturated carbocycles. The van der Waals surface area contributed by atoms with E-state index < -0.39 is 81.5 Å². The summed E-state index contributed by atoms with van der Waals surface area (Å²) >= 11 is 0. The second-order valence-electron chi connectivity index (χ2n) is 16.7. The van der Waals surface area contributed by atoms with Gasteiger partial charge in [-0.25, -0.2) is 9.18 Å². The fourth-order valence-electron chi connectivity index (χ4n) is 9.48. The number of piperidine rings is 1. The number of alkyl halides is 6. The van der Waals surface area contributed by atoms with Crippen LogP contribution in [0.25, 0.3) is 0 Å². The molecule has 0 radical (unpaired) electrons. The number of carbonyl (C=O) groups excluding carboxylic acids is 2. The lowest BCUT2D eigenvalue weighted by molar-refractivity contribution is -0.211. The molecular formula is C40H46F7NO7. The molecule has 1 spiro atoms. The van der Waals surface area contributed by atoms with Gasteiger partial charge in [-0.2, -0.15) is 26.3 Å². The van der Waals surface area contributed by atoms with Crippen molar-refractivity contribution in [3.05, 3.63) is 70.5 Å². The van der Waals surface area contributed by atoms with E-state index in [1.807, 2.05) is 20.8 Å². The molecule has 1 aliphatic carbocycles. The lowest BCUT2D eigenvalue weighted by Crippen LogP contribution is -2.53. The summed E-state index contributed by atoms with van der Waals surface area (Å²) in [6.07, 6.45) is -10.0. The summed E-state index contributed by atoms with van der Waals surface area (Å²) in [5.41, 5.74) is -5.83. The van der Waals surface area contributed by atoms with E-state index in [1.54, 1.807) is 12.1 Å². The van der Waals surface area contributed by atoms with Crippen LogP contribution in [0.1, 0.15) is 94.1 Å². The second-order valence-corrected chi connectivity index (χ2v) is 16.7. The molecule has 2 aromatic carbocycles. The van der Waals surface area contributed by atoms with Crippen LogP contribution in [-0.2, 0) is 45.6 Å². The highest BCUT2D eigenvalue weighted by Gasteiger charge is 2.77. The number of carbonyl (C=O) groups is 2. The van der Waals surface area contributed by atoms with Gasteiger partial charge in [0.15, 0.2) is 6.29 Å². The van der Waals surface area contributed by atoms with E-state index in [0.717, 1.165) is 0 Å². The number of likely N-dealkylation sites (tertiary alicyclic amines) is 1. The van der Waals surface area contributed by atoms with E-state index in [9.17, 15) is 40.3 Å². The van der Waals surface area contributed by atoms with Gasteiger partial charge in [0.1, 0.15) is 11.9 Å². The van der Waals surface area contributed by atoms with Crippen molar-refractivity contribution in [1.29, 1.82) is 0 Å². The summed E-state index contributed by atoms with van der Waals surface area (Å²) in [5, 5.41) is 0. The molecule has 8 nitrogen and oxygen atoms in total. The van der Waals surface area contributed by atoms with Gasteiger partial charge in [0, 0.05) is 23.3 Å². The third kappa shape index (κ3) is 6.94. The Bertz CT molecular complexity index is 1740. The summed E-state index contributed by atoms with van der Waals surface area (Å²) in [6.45, 7) is 9.64. The highest BCUT2D eigenvalue weighted by molar-refractivity contribution is 5.93. The number of benzene rings is 2. The molecule has 55 heavy (non-hydrogen) atoms. The summed E-state index contributed by atoms with van der Waals surface area (Å²) in [7, 11) is 0. The van der Waals surface area contributed by atoms with Crippen LogP contribution in [0, 0.1) is 28.0 Å². The van der Waals surface area contributed by atoms with E-state index >= 15 is 0 Å². The molecule has 0 amide bonds. The summed E-state index contributed by atoms with van der Waals surface area (Å²) in [6, 6.07) is 7.13. The van der Waals surface area contributed by atoms with Crippen molar-refractivity contribution in [3.63, 3.8) is 0 Å². The van der Waals surface area contributed by atoms with Gasteiger partial charge in [-0.15, -0.1) is 0 Å². The standard InChI is InChI=1S/C40H46F7NO7/c1-23(26-17-27(39(42,43)44)19-28(18-26)40(45,46)47)53-32-31(24-5-7-29(41)8-6-24)25(9-16-52-32)20-48-14-12-37(13-15-48)22-51-21-30(37)54-34(50)38-11-10-36(4,33(49)55-38)35(38,2)3/h5-8,17-19,23,25,30-32H,9-16,20-22H2,1-4H3/t23-,25+,30-,31+,32-,36+,38-/m1/s1. The maximum absolute atomic E-state index is 14.1. The Morgan fingerprint density at radius 2 is 1.58 bits per heavy atom. The quantitative estimate of drug-likeness (QED) is 0.196. The molecule has 5 fully saturated rings. The molecular weight excluding hydrogens is 739 g/mol. The van der Waals surface area contributed by atoms with Crippen molar-refractivity contribution >= 4 is 11.9 Å². The first-order valence-corrected chi connectivity index (χ1v) is 18.8. The highest BCUT2D eigenvalue weighted by atomic mass is 19.4. The largest absolute Gasteiger partial charge is 0.456 e. The van der Waals surface area contributed by atoms with Crippen molar-refractivity contribution < 1.29 is 64.0 Å². The fraction of sp³-hybridized carbons (Fsp3) is 0.650. The highest BCUT2D eigenvalue weighted by Crippen LogP contribution is 2.66. The molecule has 302 valence electrons. The molecule has 7 atom stereocenters. The predicted octanol–water partition coefficient (Wildman–Crippen LogP) is 8.23. The average Bonchev–Trinajstić information content (AvgIpc) is 3.64. The molecule has 15 heteroatoms. The minimum atomic E-state index is -5.02. The number of hydrogen-bond donors (Lipinski definition) is 0. The van der Waals surface area contributed by atoms with Crippen LogP contribution in [0.3, 0.4) is 0 Å². The van der Waals surface area contributed by atoms with Crippen LogP contribution >= 0.6 is 0 Å². The Hall–Kier alpha value is -3.27. The molecule has 7 rings (SSSR count). The van der Waals surface area contributed by atoms with Gasteiger partial charge in [0.2, 0.25) is 5.60 Å². The Kier molecular flexibility index (Phi) is 10.2. The number of fused-ring (bicyclic) bond motifs is 2. The van der Waals surface area contributed by atoms with Crippen molar-refractivity contribution in [3.8, 4) is 0 Å². The van der Waals surface area contributed by atoms with Crippen LogP contribution in [0.15, 0.2) is 42.5 Å². The minimum absolute atomic E-state index is 0.0772. The van der Waals surface area contributed by atoms with Crippen molar-refractivity contribution in [2.24, 2.45) is 22.2 Å². The van der Waals surface area contributed by atoms with Crippen LogP contribution in [0.4, 0.5) is 30.7 Å². The predicted molar refractivity (Wildman–Crippen MR) is 182 cm³/mol. The monoisotopic (exact) mass is 785 g/mol. The summed E-state index contributed by atoms with van der Waals surface area (Å²) in [5.74, 6) is -2.06. The molecule has 4 saturated heterocycles. The summed E-state index contributed by atoms with van der Waals surface area (Å²) < 4.78 is 126. The van der Waals surface area contributed by atoms with E-state index in [0.29, 0.717) is 76.0 Å². The fourth-order valence-corrected chi connectivity index (χ4v) is 9.48. The van der Waals surface area contributed by atoms with Crippen molar-refractivity contribution in [2.45, 2.75) is 102 Å². The first-order valence-electron chi connectivity index (χ1n) is 18.8. The van der Waals surface area contributed by atoms with Gasteiger partial charge in [0.25, 0.3) is 0 Å². The topological polar surface area (TPSA) is 83.5 Å². The van der Waals surface area contributed by atoms with Gasteiger partial charge < -0.3 is 28.6 Å². The normalized spacial score (nSPS) is 32.5. The SMILES string of the molecule is C[C@@H](O[C@H]1OCC[C@@H](CN2CCC3(CC2)COC[C@H]3OC(=O)[C@@]23CC[C@@](C)(C(=O)O2)C3(C)C)[C@@H]1c1ccc(F)cc1)c1cc(C(F)(F)F)cc(C(F)(F)F)c1. The first kappa shape index (κ1) is 39.9.